The van der Waals surface area contributed by atoms with Gasteiger partial charge in [-0.2, -0.15) is 0 Å². The van der Waals surface area contributed by atoms with Crippen molar-refractivity contribution in [3.63, 3.8) is 0 Å². The van der Waals surface area contributed by atoms with Crippen molar-refractivity contribution in [2.75, 3.05) is 32.7 Å². The van der Waals surface area contributed by atoms with Gasteiger partial charge in [-0.15, -0.1) is 0 Å². The topological polar surface area (TPSA) is 26.7 Å². The molecule has 2 aliphatic heterocycles. The van der Waals surface area contributed by atoms with E-state index in [2.05, 4.69) is 61.8 Å². The van der Waals surface area contributed by atoms with Crippen LogP contribution in [0.3, 0.4) is 0 Å². The summed E-state index contributed by atoms with van der Waals surface area (Å²) < 4.78 is 0. The van der Waals surface area contributed by atoms with Crippen molar-refractivity contribution < 1.29 is 5.11 Å². The maximum Gasteiger partial charge on any atom is 0.115 e. The van der Waals surface area contributed by atoms with Crippen LogP contribution in [0.4, 0.5) is 0 Å². The Labute approximate surface area is 159 Å². The summed E-state index contributed by atoms with van der Waals surface area (Å²) in [4.78, 5) is 5.30. The maximum atomic E-state index is 9.96. The van der Waals surface area contributed by atoms with Crippen molar-refractivity contribution >= 4 is 0 Å². The quantitative estimate of drug-likeness (QED) is 0.821. The lowest BCUT2D eigenvalue weighted by Crippen LogP contribution is -2.61. The molecule has 1 N–H and O–H groups in total. The number of phenolic OH excluding ortho intramolecular Hbond substituents is 1. The monoisotopic (exact) mass is 354 g/mol. The van der Waals surface area contributed by atoms with E-state index < -0.39 is 0 Å². The number of aromatic hydroxyl groups is 1. The maximum absolute atomic E-state index is 9.96. The normalized spacial score (nSPS) is 31.3. The second-order valence-corrected chi connectivity index (χ2v) is 8.32. The number of hydrogen-bond acceptors (Lipinski definition) is 3. The fourth-order valence-electron chi connectivity index (χ4n) is 4.75. The number of fused-ring (bicyclic) bond motifs is 1. The molecular formula is C23H34N2O. The number of piperidine rings is 1. The Balaban J connectivity index is 1.75. The van der Waals surface area contributed by atoms with Gasteiger partial charge in [0, 0.05) is 38.8 Å². The van der Waals surface area contributed by atoms with Crippen LogP contribution in [0.2, 0.25) is 0 Å². The van der Waals surface area contributed by atoms with E-state index in [-0.39, 0.29) is 5.41 Å². The van der Waals surface area contributed by atoms with Gasteiger partial charge in [0.2, 0.25) is 0 Å². The Morgan fingerprint density at radius 1 is 1.27 bits per heavy atom. The van der Waals surface area contributed by atoms with E-state index in [1.54, 1.807) is 6.07 Å². The lowest BCUT2D eigenvalue weighted by molar-refractivity contribution is -0.000282. The largest absolute Gasteiger partial charge is 0.508 e. The molecule has 3 nitrogen and oxygen atoms in total. The molecule has 0 saturated carbocycles. The van der Waals surface area contributed by atoms with Crippen LogP contribution in [-0.4, -0.2) is 53.7 Å². The van der Waals surface area contributed by atoms with Crippen molar-refractivity contribution in [3.05, 3.63) is 53.6 Å². The average Bonchev–Trinajstić information content (AvgIpc) is 2.62. The van der Waals surface area contributed by atoms with Crippen molar-refractivity contribution in [1.82, 2.24) is 9.80 Å². The molecule has 2 fully saturated rings. The van der Waals surface area contributed by atoms with E-state index in [1.807, 2.05) is 12.1 Å². The van der Waals surface area contributed by atoms with E-state index >= 15 is 0 Å². The van der Waals surface area contributed by atoms with Crippen LogP contribution >= 0.6 is 0 Å². The summed E-state index contributed by atoms with van der Waals surface area (Å²) >= 11 is 0. The number of allylic oxidation sites excluding steroid dienone is 2. The van der Waals surface area contributed by atoms with Gasteiger partial charge >= 0.3 is 0 Å². The number of hydrogen-bond donors (Lipinski definition) is 1. The molecule has 2 unspecified atom stereocenters. The molecule has 0 aromatic heterocycles. The second kappa shape index (κ2) is 7.98. The molecular weight excluding hydrogens is 320 g/mol. The van der Waals surface area contributed by atoms with Gasteiger partial charge in [0.25, 0.3) is 0 Å². The Kier molecular flexibility index (Phi) is 5.89. The van der Waals surface area contributed by atoms with Crippen molar-refractivity contribution in [2.24, 2.45) is 5.92 Å². The molecule has 0 radical (unpaired) electrons. The molecule has 0 bridgehead atoms. The molecule has 3 rings (SSSR count). The fraction of sp³-hybridized carbons (Fsp3) is 0.565. The van der Waals surface area contributed by atoms with Gasteiger partial charge < -0.3 is 5.11 Å². The van der Waals surface area contributed by atoms with Gasteiger partial charge in [0.1, 0.15) is 5.75 Å². The number of phenols is 1. The molecule has 26 heavy (non-hydrogen) atoms. The third-order valence-electron chi connectivity index (χ3n) is 6.61. The summed E-state index contributed by atoms with van der Waals surface area (Å²) in [5.41, 5.74) is 2.81. The number of rotatable bonds is 4. The zero-order valence-electron chi connectivity index (χ0n) is 16.8. The molecule has 2 saturated heterocycles. The van der Waals surface area contributed by atoms with E-state index in [9.17, 15) is 5.11 Å². The molecule has 1 aromatic rings. The SMILES string of the molecule is C/C=C\C(=C/C)CN1CCN2CC(C)[C@](C)(c3cccc(O)c3)CC2C1. The van der Waals surface area contributed by atoms with E-state index in [0.717, 1.165) is 39.1 Å². The predicted molar refractivity (Wildman–Crippen MR) is 110 cm³/mol. The van der Waals surface area contributed by atoms with Crippen LogP contribution in [0.1, 0.15) is 39.7 Å². The number of piperazine rings is 1. The first-order valence-corrected chi connectivity index (χ1v) is 10.00. The molecule has 3 atom stereocenters. The van der Waals surface area contributed by atoms with Crippen LogP contribution in [0.15, 0.2) is 48.1 Å². The van der Waals surface area contributed by atoms with Crippen LogP contribution in [0, 0.1) is 5.92 Å². The van der Waals surface area contributed by atoms with Crippen LogP contribution in [0.25, 0.3) is 0 Å². The van der Waals surface area contributed by atoms with Crippen molar-refractivity contribution in [1.29, 1.82) is 0 Å². The zero-order valence-corrected chi connectivity index (χ0v) is 16.8. The summed E-state index contributed by atoms with van der Waals surface area (Å²) in [6.45, 7) is 14.6. The highest BCUT2D eigenvalue weighted by atomic mass is 16.3. The number of nitrogens with zero attached hydrogens (tertiary/aromatic N) is 2. The van der Waals surface area contributed by atoms with Gasteiger partial charge in [-0.05, 0) is 54.9 Å². The predicted octanol–water partition coefficient (Wildman–Crippen LogP) is 4.20. The average molecular weight is 355 g/mol. The molecule has 1 aromatic carbocycles. The Bertz CT molecular complexity index is 681. The third kappa shape index (κ3) is 3.89. The van der Waals surface area contributed by atoms with Gasteiger partial charge in [-0.3, -0.25) is 9.80 Å². The standard InChI is InChI=1S/C23H34N2O/c1-5-8-19(6-2)16-24-11-12-25-15-18(3)23(4,14-21(25)17-24)20-9-7-10-22(26)13-20/h5-10,13,18,21,26H,11-12,14-17H2,1-4H3/b8-5-,19-6+/t18?,21?,23-/m1/s1. The molecule has 3 heteroatoms. The van der Waals surface area contributed by atoms with Crippen LogP contribution < -0.4 is 0 Å². The molecule has 2 heterocycles. The summed E-state index contributed by atoms with van der Waals surface area (Å²) in [6.07, 6.45) is 7.74. The van der Waals surface area contributed by atoms with Crippen LogP contribution in [-0.2, 0) is 5.41 Å². The Morgan fingerprint density at radius 3 is 2.77 bits per heavy atom. The minimum Gasteiger partial charge on any atom is -0.508 e. The molecule has 0 amide bonds. The molecule has 0 aliphatic carbocycles. The summed E-state index contributed by atoms with van der Waals surface area (Å²) in [5, 5.41) is 9.96. The lowest BCUT2D eigenvalue weighted by atomic mass is 9.65. The molecule has 2 aliphatic rings. The highest BCUT2D eigenvalue weighted by Crippen LogP contribution is 2.43. The van der Waals surface area contributed by atoms with E-state index in [0.29, 0.717) is 17.7 Å². The van der Waals surface area contributed by atoms with Crippen LogP contribution in [0.5, 0.6) is 5.75 Å². The van der Waals surface area contributed by atoms with Gasteiger partial charge in [-0.1, -0.05) is 44.2 Å². The first kappa shape index (κ1) is 19.2. The number of benzene rings is 1. The minimum atomic E-state index is 0.121. The third-order valence-corrected chi connectivity index (χ3v) is 6.61. The van der Waals surface area contributed by atoms with Gasteiger partial charge in [0.05, 0.1) is 0 Å². The second-order valence-electron chi connectivity index (χ2n) is 8.32. The Morgan fingerprint density at radius 2 is 2.08 bits per heavy atom. The summed E-state index contributed by atoms with van der Waals surface area (Å²) in [6, 6.07) is 8.51. The molecule has 142 valence electrons. The first-order valence-electron chi connectivity index (χ1n) is 10.00. The fourth-order valence-corrected chi connectivity index (χ4v) is 4.75. The van der Waals surface area contributed by atoms with E-state index in [1.165, 1.54) is 11.1 Å². The highest BCUT2D eigenvalue weighted by molar-refractivity contribution is 5.34. The Hall–Kier alpha value is -1.58. The van der Waals surface area contributed by atoms with Gasteiger partial charge in [-0.25, -0.2) is 0 Å². The van der Waals surface area contributed by atoms with Crippen molar-refractivity contribution in [2.45, 2.75) is 45.6 Å². The smallest absolute Gasteiger partial charge is 0.115 e. The summed E-state index contributed by atoms with van der Waals surface area (Å²) in [7, 11) is 0. The lowest BCUT2D eigenvalue weighted by Gasteiger charge is -2.53. The van der Waals surface area contributed by atoms with Crippen molar-refractivity contribution in [3.8, 4) is 5.75 Å². The van der Waals surface area contributed by atoms with Gasteiger partial charge in [0.15, 0.2) is 0 Å². The molecule has 0 spiro atoms. The first-order chi connectivity index (χ1) is 12.5. The van der Waals surface area contributed by atoms with E-state index in [4.69, 9.17) is 0 Å². The highest BCUT2D eigenvalue weighted by Gasteiger charge is 2.44. The summed E-state index contributed by atoms with van der Waals surface area (Å²) in [5.74, 6) is 0.967. The minimum absolute atomic E-state index is 0.121. The zero-order chi connectivity index (χ0) is 18.7.